The quantitative estimate of drug-likeness (QED) is 0.831. The van der Waals surface area contributed by atoms with Crippen LogP contribution in [0.15, 0.2) is 29.6 Å². The summed E-state index contributed by atoms with van der Waals surface area (Å²) in [6.45, 7) is 6.30. The molecule has 2 aromatic rings. The number of ether oxygens (including phenoxy) is 1. The predicted molar refractivity (Wildman–Crippen MR) is 97.2 cm³/mol. The van der Waals surface area contributed by atoms with E-state index in [1.54, 1.807) is 11.3 Å². The van der Waals surface area contributed by atoms with E-state index in [2.05, 4.69) is 22.5 Å². The third-order valence-electron chi connectivity index (χ3n) is 4.36. The fourth-order valence-electron chi connectivity index (χ4n) is 3.11. The first-order chi connectivity index (χ1) is 11.7. The summed E-state index contributed by atoms with van der Waals surface area (Å²) < 4.78 is 5.68. The number of nitrogens with zero attached hydrogens (tertiary/aromatic N) is 2. The summed E-state index contributed by atoms with van der Waals surface area (Å²) in [4.78, 5) is 19.0. The summed E-state index contributed by atoms with van der Waals surface area (Å²) >= 11 is 1.65. The Morgan fingerprint density at radius 2 is 2.17 bits per heavy atom. The van der Waals surface area contributed by atoms with Gasteiger partial charge in [0.2, 0.25) is 5.91 Å². The number of hydrogen-bond acceptors (Lipinski definition) is 4. The summed E-state index contributed by atoms with van der Waals surface area (Å²) in [6.07, 6.45) is 2.73. The second-order valence-electron chi connectivity index (χ2n) is 6.18. The Kier molecular flexibility index (Phi) is 5.63. The van der Waals surface area contributed by atoms with E-state index in [9.17, 15) is 4.79 Å². The Morgan fingerprint density at radius 1 is 1.38 bits per heavy atom. The van der Waals surface area contributed by atoms with Crippen LogP contribution in [0.3, 0.4) is 0 Å². The van der Waals surface area contributed by atoms with Crippen molar-refractivity contribution in [2.24, 2.45) is 0 Å². The third-order valence-corrected chi connectivity index (χ3v) is 5.13. The van der Waals surface area contributed by atoms with E-state index in [0.717, 1.165) is 47.8 Å². The number of rotatable bonds is 5. The van der Waals surface area contributed by atoms with Crippen LogP contribution in [0.5, 0.6) is 0 Å². The lowest BCUT2D eigenvalue weighted by Crippen LogP contribution is -2.43. The topological polar surface area (TPSA) is 42.4 Å². The maximum Gasteiger partial charge on any atom is 0.227 e. The van der Waals surface area contributed by atoms with E-state index in [4.69, 9.17) is 4.74 Å². The van der Waals surface area contributed by atoms with Crippen molar-refractivity contribution in [1.29, 1.82) is 0 Å². The van der Waals surface area contributed by atoms with Gasteiger partial charge in [-0.1, -0.05) is 24.3 Å². The molecule has 3 rings (SSSR count). The lowest BCUT2D eigenvalue weighted by molar-refractivity contribution is -0.134. The minimum absolute atomic E-state index is 0.191. The zero-order chi connectivity index (χ0) is 16.9. The maximum atomic E-state index is 12.5. The van der Waals surface area contributed by atoms with Crippen molar-refractivity contribution in [3.8, 4) is 11.3 Å². The molecular weight excluding hydrogens is 320 g/mol. The van der Waals surface area contributed by atoms with Crippen LogP contribution in [0.25, 0.3) is 11.3 Å². The Morgan fingerprint density at radius 3 is 2.83 bits per heavy atom. The maximum absolute atomic E-state index is 12.5. The molecule has 4 nitrogen and oxygen atoms in total. The molecule has 1 amide bonds. The van der Waals surface area contributed by atoms with Gasteiger partial charge in [0.05, 0.1) is 23.2 Å². The van der Waals surface area contributed by atoms with Crippen molar-refractivity contribution < 1.29 is 9.53 Å². The van der Waals surface area contributed by atoms with Gasteiger partial charge in [-0.05, 0) is 32.3 Å². The molecule has 0 saturated carbocycles. The zero-order valence-electron chi connectivity index (χ0n) is 14.3. The molecule has 24 heavy (non-hydrogen) atoms. The van der Waals surface area contributed by atoms with Crippen molar-refractivity contribution in [3.63, 3.8) is 0 Å². The molecular formula is C19H24N2O2S. The van der Waals surface area contributed by atoms with Gasteiger partial charge < -0.3 is 9.64 Å². The Labute approximate surface area is 147 Å². The van der Waals surface area contributed by atoms with Crippen LogP contribution in [0, 0.1) is 6.92 Å². The first-order valence-electron chi connectivity index (χ1n) is 8.56. The molecule has 0 N–H and O–H groups in total. The fraction of sp³-hybridized carbons (Fsp3) is 0.474. The molecule has 1 aliphatic rings. The van der Waals surface area contributed by atoms with Gasteiger partial charge in [0.15, 0.2) is 0 Å². The number of amides is 1. The summed E-state index contributed by atoms with van der Waals surface area (Å²) in [5.41, 5.74) is 3.16. The largest absolute Gasteiger partial charge is 0.377 e. The highest BCUT2D eigenvalue weighted by atomic mass is 32.1. The van der Waals surface area contributed by atoms with Gasteiger partial charge >= 0.3 is 0 Å². The molecule has 128 valence electrons. The van der Waals surface area contributed by atoms with Crippen molar-refractivity contribution >= 4 is 17.2 Å². The molecule has 2 heterocycles. The van der Waals surface area contributed by atoms with Gasteiger partial charge in [-0.3, -0.25) is 4.79 Å². The molecule has 0 bridgehead atoms. The number of piperidine rings is 1. The number of carbonyl (C=O) groups is 1. The molecule has 1 saturated heterocycles. The average Bonchev–Trinajstić information content (AvgIpc) is 3.02. The van der Waals surface area contributed by atoms with E-state index in [-0.39, 0.29) is 12.0 Å². The van der Waals surface area contributed by atoms with Crippen LogP contribution in [-0.4, -0.2) is 41.6 Å². The molecule has 5 heteroatoms. The monoisotopic (exact) mass is 344 g/mol. The van der Waals surface area contributed by atoms with E-state index in [1.807, 2.05) is 30.9 Å². The first kappa shape index (κ1) is 17.1. The van der Waals surface area contributed by atoms with Crippen molar-refractivity contribution in [1.82, 2.24) is 9.88 Å². The average molecular weight is 344 g/mol. The van der Waals surface area contributed by atoms with Crippen LogP contribution < -0.4 is 0 Å². The molecule has 0 aliphatic carbocycles. The highest BCUT2D eigenvalue weighted by Crippen LogP contribution is 2.22. The van der Waals surface area contributed by atoms with Gasteiger partial charge in [-0.2, -0.15) is 0 Å². The molecule has 0 radical (unpaired) electrons. The fourth-order valence-corrected chi connectivity index (χ4v) is 3.73. The number of likely N-dealkylation sites (tertiary alicyclic amines) is 1. The Bertz CT molecular complexity index is 679. The van der Waals surface area contributed by atoms with Crippen LogP contribution in [0.2, 0.25) is 0 Å². The standard InChI is InChI=1S/C19H24N2O2S/c1-3-23-17-5-4-10-21(12-17)19(22)11-15-6-8-16(9-7-15)18-13-24-14(2)20-18/h6-9,13,17H,3-5,10-12H2,1-2H3/t17-/m1/s1. The van der Waals surface area contributed by atoms with Crippen LogP contribution in [-0.2, 0) is 16.0 Å². The van der Waals surface area contributed by atoms with Crippen molar-refractivity contribution in [2.45, 2.75) is 39.2 Å². The van der Waals surface area contributed by atoms with Crippen LogP contribution in [0.1, 0.15) is 30.3 Å². The number of carbonyl (C=O) groups excluding carboxylic acids is 1. The zero-order valence-corrected chi connectivity index (χ0v) is 15.1. The second-order valence-corrected chi connectivity index (χ2v) is 7.25. The van der Waals surface area contributed by atoms with Crippen molar-refractivity contribution in [2.75, 3.05) is 19.7 Å². The Balaban J connectivity index is 1.60. The smallest absolute Gasteiger partial charge is 0.227 e. The number of benzene rings is 1. The molecule has 1 atom stereocenters. The van der Waals surface area contributed by atoms with Gasteiger partial charge in [0, 0.05) is 30.6 Å². The number of hydrogen-bond donors (Lipinski definition) is 0. The minimum atomic E-state index is 0.191. The highest BCUT2D eigenvalue weighted by Gasteiger charge is 2.23. The minimum Gasteiger partial charge on any atom is -0.377 e. The lowest BCUT2D eigenvalue weighted by Gasteiger charge is -2.32. The molecule has 1 fully saturated rings. The van der Waals surface area contributed by atoms with Crippen LogP contribution in [0.4, 0.5) is 0 Å². The molecule has 1 aromatic heterocycles. The molecule has 1 aliphatic heterocycles. The summed E-state index contributed by atoms with van der Waals surface area (Å²) in [7, 11) is 0. The van der Waals surface area contributed by atoms with E-state index in [0.29, 0.717) is 13.0 Å². The molecule has 0 spiro atoms. The summed E-state index contributed by atoms with van der Waals surface area (Å²) in [5, 5.41) is 3.13. The first-order valence-corrected chi connectivity index (χ1v) is 9.44. The van der Waals surface area contributed by atoms with E-state index in [1.165, 1.54) is 0 Å². The number of aryl methyl sites for hydroxylation is 1. The van der Waals surface area contributed by atoms with Crippen LogP contribution >= 0.6 is 11.3 Å². The number of aromatic nitrogens is 1. The summed E-state index contributed by atoms with van der Waals surface area (Å²) in [5.74, 6) is 0.191. The van der Waals surface area contributed by atoms with E-state index < -0.39 is 0 Å². The normalized spacial score (nSPS) is 17.9. The van der Waals surface area contributed by atoms with Gasteiger partial charge in [-0.15, -0.1) is 11.3 Å². The van der Waals surface area contributed by atoms with Crippen molar-refractivity contribution in [3.05, 3.63) is 40.2 Å². The summed E-state index contributed by atoms with van der Waals surface area (Å²) in [6, 6.07) is 8.17. The second kappa shape index (κ2) is 7.90. The number of thiazole rings is 1. The predicted octanol–water partition coefficient (Wildman–Crippen LogP) is 3.69. The lowest BCUT2D eigenvalue weighted by atomic mass is 10.0. The Hall–Kier alpha value is -1.72. The van der Waals surface area contributed by atoms with Gasteiger partial charge in [0.25, 0.3) is 0 Å². The third kappa shape index (κ3) is 4.22. The highest BCUT2D eigenvalue weighted by molar-refractivity contribution is 7.09. The van der Waals surface area contributed by atoms with Gasteiger partial charge in [-0.25, -0.2) is 4.98 Å². The van der Waals surface area contributed by atoms with Gasteiger partial charge in [0.1, 0.15) is 0 Å². The molecule has 0 unspecified atom stereocenters. The van der Waals surface area contributed by atoms with E-state index >= 15 is 0 Å². The molecule has 1 aromatic carbocycles. The SMILES string of the molecule is CCO[C@@H]1CCCN(C(=O)Cc2ccc(-c3csc(C)n3)cc2)C1.